The minimum absolute atomic E-state index is 0.0355. The van der Waals surface area contributed by atoms with Gasteiger partial charge in [0, 0.05) is 38.2 Å². The minimum Gasteiger partial charge on any atom is -0.375 e. The zero-order chi connectivity index (χ0) is 19.8. The van der Waals surface area contributed by atoms with Gasteiger partial charge in [-0.05, 0) is 32.4 Å². The normalized spacial score (nSPS) is 12.9. The molecule has 1 unspecified atom stereocenters. The van der Waals surface area contributed by atoms with Crippen molar-refractivity contribution in [2.75, 3.05) is 27.2 Å². The van der Waals surface area contributed by atoms with Crippen molar-refractivity contribution in [3.05, 3.63) is 51.5 Å². The Bertz CT molecular complexity index is 746. The van der Waals surface area contributed by atoms with Gasteiger partial charge in [0.1, 0.15) is 22.7 Å². The second-order valence-corrected chi connectivity index (χ2v) is 6.99. The van der Waals surface area contributed by atoms with Crippen molar-refractivity contribution in [3.8, 4) is 0 Å². The molecule has 0 aliphatic rings. The lowest BCUT2D eigenvalue weighted by atomic mass is 10.1. The number of guanidine groups is 1. The van der Waals surface area contributed by atoms with E-state index in [9.17, 15) is 8.78 Å². The largest absolute Gasteiger partial charge is 0.375 e. The number of hydrogen-bond acceptors (Lipinski definition) is 4. The standard InChI is InChI=1S/C19H26F2N4OS/c1-5-22-19(23-10-9-15-16(20)7-6-8-17(15)21)25(3)11-14-12-27-18(24-14)13(2)26-4/h6-8,12-13H,5,9-11H2,1-4H3,(H,22,23). The van der Waals surface area contributed by atoms with Crippen LogP contribution in [0.4, 0.5) is 8.78 Å². The van der Waals surface area contributed by atoms with Crippen molar-refractivity contribution < 1.29 is 13.5 Å². The van der Waals surface area contributed by atoms with Crippen LogP contribution in [0.15, 0.2) is 28.6 Å². The molecule has 1 atom stereocenters. The first-order chi connectivity index (χ1) is 13.0. The first kappa shape index (κ1) is 21.2. The lowest BCUT2D eigenvalue weighted by Crippen LogP contribution is -2.38. The van der Waals surface area contributed by atoms with E-state index in [0.29, 0.717) is 19.0 Å². The number of aromatic nitrogens is 1. The molecule has 0 aliphatic carbocycles. The molecule has 5 nitrogen and oxygen atoms in total. The van der Waals surface area contributed by atoms with E-state index in [0.717, 1.165) is 10.7 Å². The van der Waals surface area contributed by atoms with Gasteiger partial charge < -0.3 is 15.0 Å². The third-order valence-electron chi connectivity index (χ3n) is 4.05. The van der Waals surface area contributed by atoms with Crippen molar-refractivity contribution in [2.45, 2.75) is 32.9 Å². The van der Waals surface area contributed by atoms with Gasteiger partial charge in [-0.25, -0.2) is 13.8 Å². The maximum atomic E-state index is 13.7. The Hall–Kier alpha value is -2.06. The molecule has 0 bridgehead atoms. The summed E-state index contributed by atoms with van der Waals surface area (Å²) in [5.74, 6) is -0.403. The quantitative estimate of drug-likeness (QED) is 0.545. The third-order valence-corrected chi connectivity index (χ3v) is 5.11. The minimum atomic E-state index is -0.536. The SMILES string of the molecule is CCNC(=NCCc1c(F)cccc1F)N(C)Cc1csc(C(C)OC)n1. The summed E-state index contributed by atoms with van der Waals surface area (Å²) in [4.78, 5) is 11.0. The van der Waals surface area contributed by atoms with Crippen molar-refractivity contribution in [2.24, 2.45) is 4.99 Å². The van der Waals surface area contributed by atoms with Gasteiger partial charge in [0.05, 0.1) is 12.2 Å². The highest BCUT2D eigenvalue weighted by molar-refractivity contribution is 7.09. The Morgan fingerprint density at radius 2 is 2.07 bits per heavy atom. The van der Waals surface area contributed by atoms with Crippen LogP contribution in [0.1, 0.15) is 36.2 Å². The van der Waals surface area contributed by atoms with E-state index in [1.165, 1.54) is 18.2 Å². The Morgan fingerprint density at radius 1 is 1.37 bits per heavy atom. The van der Waals surface area contributed by atoms with Crippen LogP contribution in [0.25, 0.3) is 0 Å². The van der Waals surface area contributed by atoms with Crippen LogP contribution < -0.4 is 5.32 Å². The van der Waals surface area contributed by atoms with Gasteiger partial charge in [-0.2, -0.15) is 0 Å². The van der Waals surface area contributed by atoms with Crippen LogP contribution in [-0.2, 0) is 17.7 Å². The maximum Gasteiger partial charge on any atom is 0.194 e. The third kappa shape index (κ3) is 5.97. The number of rotatable bonds is 8. The Labute approximate surface area is 163 Å². The average molecular weight is 397 g/mol. The molecule has 8 heteroatoms. The summed E-state index contributed by atoms with van der Waals surface area (Å²) < 4.78 is 32.8. The topological polar surface area (TPSA) is 49.8 Å². The van der Waals surface area contributed by atoms with Gasteiger partial charge in [0.2, 0.25) is 0 Å². The van der Waals surface area contributed by atoms with Gasteiger partial charge in [0.25, 0.3) is 0 Å². The molecule has 27 heavy (non-hydrogen) atoms. The number of methoxy groups -OCH3 is 1. The van der Waals surface area contributed by atoms with Gasteiger partial charge in [-0.1, -0.05) is 6.07 Å². The molecule has 0 spiro atoms. The number of halogens is 2. The molecule has 1 heterocycles. The van der Waals surface area contributed by atoms with E-state index in [1.54, 1.807) is 18.4 Å². The first-order valence-electron chi connectivity index (χ1n) is 8.85. The number of aliphatic imine (C=N–C) groups is 1. The highest BCUT2D eigenvalue weighted by Gasteiger charge is 2.13. The Balaban J connectivity index is 2.02. The molecular weight excluding hydrogens is 370 g/mol. The van der Waals surface area contributed by atoms with E-state index in [-0.39, 0.29) is 24.6 Å². The summed E-state index contributed by atoms with van der Waals surface area (Å²) >= 11 is 1.56. The number of nitrogens with one attached hydrogen (secondary N) is 1. The van der Waals surface area contributed by atoms with Crippen LogP contribution in [0.3, 0.4) is 0 Å². The van der Waals surface area contributed by atoms with Crippen LogP contribution in [0, 0.1) is 11.6 Å². The summed E-state index contributed by atoms with van der Waals surface area (Å²) in [6.45, 7) is 5.49. The molecule has 0 saturated carbocycles. The molecule has 1 N–H and O–H groups in total. The first-order valence-corrected chi connectivity index (χ1v) is 9.73. The summed E-state index contributed by atoms with van der Waals surface area (Å²) in [7, 11) is 3.57. The number of nitrogens with zero attached hydrogens (tertiary/aromatic N) is 3. The predicted molar refractivity (Wildman–Crippen MR) is 105 cm³/mol. The zero-order valence-electron chi connectivity index (χ0n) is 16.1. The molecule has 0 amide bonds. The van der Waals surface area contributed by atoms with Crippen LogP contribution in [0.2, 0.25) is 0 Å². The van der Waals surface area contributed by atoms with E-state index < -0.39 is 11.6 Å². The second kappa shape index (κ2) is 10.3. The fraction of sp³-hybridized carbons (Fsp3) is 0.474. The van der Waals surface area contributed by atoms with Crippen LogP contribution in [0.5, 0.6) is 0 Å². The van der Waals surface area contributed by atoms with Gasteiger partial charge in [-0.15, -0.1) is 11.3 Å². The van der Waals surface area contributed by atoms with E-state index >= 15 is 0 Å². The highest BCUT2D eigenvalue weighted by Crippen LogP contribution is 2.21. The van der Waals surface area contributed by atoms with Crippen molar-refractivity contribution in [1.82, 2.24) is 15.2 Å². The summed E-state index contributed by atoms with van der Waals surface area (Å²) in [5.41, 5.74) is 0.990. The highest BCUT2D eigenvalue weighted by atomic mass is 32.1. The zero-order valence-corrected chi connectivity index (χ0v) is 16.9. The number of benzene rings is 1. The van der Waals surface area contributed by atoms with Crippen LogP contribution >= 0.6 is 11.3 Å². The van der Waals surface area contributed by atoms with Gasteiger partial charge in [-0.3, -0.25) is 4.99 Å². The van der Waals surface area contributed by atoms with Gasteiger partial charge in [0.15, 0.2) is 5.96 Å². The Kier molecular flexibility index (Phi) is 8.12. The smallest absolute Gasteiger partial charge is 0.194 e. The van der Waals surface area contributed by atoms with Gasteiger partial charge >= 0.3 is 0 Å². The molecule has 0 fully saturated rings. The van der Waals surface area contributed by atoms with Crippen molar-refractivity contribution in [3.63, 3.8) is 0 Å². The van der Waals surface area contributed by atoms with E-state index in [1.807, 2.05) is 31.2 Å². The molecule has 1 aromatic carbocycles. The average Bonchev–Trinajstić information content (AvgIpc) is 3.11. The molecule has 0 aliphatic heterocycles. The summed E-state index contributed by atoms with van der Waals surface area (Å²) in [6, 6.07) is 3.89. The number of ether oxygens (including phenoxy) is 1. The molecule has 2 aromatic rings. The van der Waals surface area contributed by atoms with Crippen molar-refractivity contribution in [1.29, 1.82) is 0 Å². The van der Waals surface area contributed by atoms with Crippen LogP contribution in [-0.4, -0.2) is 43.1 Å². The van der Waals surface area contributed by atoms with E-state index in [4.69, 9.17) is 4.74 Å². The number of thiazole rings is 1. The fourth-order valence-electron chi connectivity index (χ4n) is 2.52. The monoisotopic (exact) mass is 396 g/mol. The molecule has 2 rings (SSSR count). The molecule has 0 saturated heterocycles. The molecule has 1 aromatic heterocycles. The second-order valence-electron chi connectivity index (χ2n) is 6.10. The lowest BCUT2D eigenvalue weighted by molar-refractivity contribution is 0.119. The molecular formula is C19H26F2N4OS. The fourth-order valence-corrected chi connectivity index (χ4v) is 3.36. The molecule has 148 valence electrons. The predicted octanol–water partition coefficient (Wildman–Crippen LogP) is 3.77. The summed E-state index contributed by atoms with van der Waals surface area (Å²) in [5, 5.41) is 6.13. The Morgan fingerprint density at radius 3 is 2.70 bits per heavy atom. The molecule has 0 radical (unpaired) electrons. The van der Waals surface area contributed by atoms with E-state index in [2.05, 4.69) is 15.3 Å². The lowest BCUT2D eigenvalue weighted by Gasteiger charge is -2.21. The van der Waals surface area contributed by atoms with Crippen molar-refractivity contribution >= 4 is 17.3 Å². The number of hydrogen-bond donors (Lipinski definition) is 1. The maximum absolute atomic E-state index is 13.7. The summed E-state index contributed by atoms with van der Waals surface area (Å²) in [6.07, 6.45) is 0.166.